The number of esters is 2. The standard InChI is InChI=1S/C21H24O6/c1-2-14-25-18-9-5-17(6-10-18)21(24)27-19-11-7-16(8-12-19)20(23)26-15-4-3-13-22/h5-12,22H,2-4,13-15H2,1H3. The molecule has 2 aromatic carbocycles. The summed E-state index contributed by atoms with van der Waals surface area (Å²) in [6.07, 6.45) is 2.12. The number of rotatable bonds is 10. The molecule has 6 heteroatoms. The van der Waals surface area contributed by atoms with Crippen molar-refractivity contribution in [3.63, 3.8) is 0 Å². The highest BCUT2D eigenvalue weighted by Crippen LogP contribution is 2.17. The van der Waals surface area contributed by atoms with Crippen molar-refractivity contribution in [2.45, 2.75) is 26.2 Å². The average molecular weight is 372 g/mol. The third-order valence-electron chi connectivity index (χ3n) is 3.65. The molecule has 0 atom stereocenters. The molecule has 0 aliphatic rings. The van der Waals surface area contributed by atoms with E-state index < -0.39 is 11.9 Å². The molecule has 0 fully saturated rings. The number of ether oxygens (including phenoxy) is 3. The number of aliphatic hydroxyl groups is 1. The van der Waals surface area contributed by atoms with E-state index in [-0.39, 0.29) is 13.2 Å². The number of hydrogen-bond acceptors (Lipinski definition) is 6. The van der Waals surface area contributed by atoms with Gasteiger partial charge in [-0.05, 0) is 67.8 Å². The minimum absolute atomic E-state index is 0.0755. The maximum atomic E-state index is 12.2. The van der Waals surface area contributed by atoms with Crippen LogP contribution in [0.5, 0.6) is 11.5 Å². The van der Waals surface area contributed by atoms with Gasteiger partial charge in [-0.25, -0.2) is 9.59 Å². The van der Waals surface area contributed by atoms with E-state index >= 15 is 0 Å². The summed E-state index contributed by atoms with van der Waals surface area (Å²) in [5.41, 5.74) is 0.780. The lowest BCUT2D eigenvalue weighted by molar-refractivity contribution is 0.0492. The minimum atomic E-state index is -0.489. The summed E-state index contributed by atoms with van der Waals surface area (Å²) >= 11 is 0. The molecule has 0 aromatic heterocycles. The Hall–Kier alpha value is -2.86. The van der Waals surface area contributed by atoms with Gasteiger partial charge < -0.3 is 19.3 Å². The van der Waals surface area contributed by atoms with Crippen molar-refractivity contribution >= 4 is 11.9 Å². The fraction of sp³-hybridized carbons (Fsp3) is 0.333. The first-order valence-electron chi connectivity index (χ1n) is 8.97. The first kappa shape index (κ1) is 20.5. The highest BCUT2D eigenvalue weighted by Gasteiger charge is 2.11. The molecule has 0 saturated heterocycles. The predicted octanol–water partition coefficient (Wildman–Crippen LogP) is 3.62. The molecule has 27 heavy (non-hydrogen) atoms. The van der Waals surface area contributed by atoms with Gasteiger partial charge in [-0.15, -0.1) is 0 Å². The molecule has 144 valence electrons. The van der Waals surface area contributed by atoms with Crippen molar-refractivity contribution in [2.75, 3.05) is 19.8 Å². The first-order chi connectivity index (χ1) is 13.1. The largest absolute Gasteiger partial charge is 0.494 e. The lowest BCUT2D eigenvalue weighted by Gasteiger charge is -2.08. The Morgan fingerprint density at radius 2 is 1.41 bits per heavy atom. The molecular formula is C21H24O6. The van der Waals surface area contributed by atoms with Gasteiger partial charge in [0.2, 0.25) is 0 Å². The monoisotopic (exact) mass is 372 g/mol. The van der Waals surface area contributed by atoms with E-state index in [1.807, 2.05) is 6.92 Å². The second kappa shape index (κ2) is 11.0. The normalized spacial score (nSPS) is 10.3. The summed E-state index contributed by atoms with van der Waals surface area (Å²) in [5.74, 6) is 0.100. The molecule has 1 N–H and O–H groups in total. The molecule has 0 heterocycles. The van der Waals surface area contributed by atoms with E-state index in [9.17, 15) is 9.59 Å². The van der Waals surface area contributed by atoms with Crippen LogP contribution in [0.3, 0.4) is 0 Å². The second-order valence-corrected chi connectivity index (χ2v) is 5.85. The van der Waals surface area contributed by atoms with Gasteiger partial charge in [-0.2, -0.15) is 0 Å². The van der Waals surface area contributed by atoms with Crippen LogP contribution in [0.15, 0.2) is 48.5 Å². The summed E-state index contributed by atoms with van der Waals surface area (Å²) < 4.78 is 15.9. The Kier molecular flexibility index (Phi) is 8.32. The van der Waals surface area contributed by atoms with Gasteiger partial charge in [0.15, 0.2) is 0 Å². The molecule has 0 unspecified atom stereocenters. The van der Waals surface area contributed by atoms with E-state index in [1.54, 1.807) is 48.5 Å². The average Bonchev–Trinajstić information content (AvgIpc) is 2.70. The Morgan fingerprint density at radius 1 is 0.815 bits per heavy atom. The van der Waals surface area contributed by atoms with Gasteiger partial charge >= 0.3 is 11.9 Å². The van der Waals surface area contributed by atoms with Crippen molar-refractivity contribution in [3.8, 4) is 11.5 Å². The molecule has 2 aromatic rings. The van der Waals surface area contributed by atoms with E-state index in [1.165, 1.54) is 0 Å². The van der Waals surface area contributed by atoms with Crippen LogP contribution in [0.4, 0.5) is 0 Å². The minimum Gasteiger partial charge on any atom is -0.494 e. The predicted molar refractivity (Wildman–Crippen MR) is 100 cm³/mol. The third kappa shape index (κ3) is 6.75. The van der Waals surface area contributed by atoms with Crippen LogP contribution in [0.1, 0.15) is 46.9 Å². The van der Waals surface area contributed by atoms with Crippen LogP contribution < -0.4 is 9.47 Å². The first-order valence-corrected chi connectivity index (χ1v) is 8.97. The fourth-order valence-electron chi connectivity index (χ4n) is 2.19. The van der Waals surface area contributed by atoms with Crippen LogP contribution in [-0.4, -0.2) is 36.9 Å². The van der Waals surface area contributed by atoms with Gasteiger partial charge in [0.25, 0.3) is 0 Å². The number of aliphatic hydroxyl groups excluding tert-OH is 1. The Morgan fingerprint density at radius 3 is 2.00 bits per heavy atom. The SMILES string of the molecule is CCCOc1ccc(C(=O)Oc2ccc(C(=O)OCCCCO)cc2)cc1. The smallest absolute Gasteiger partial charge is 0.343 e. The van der Waals surface area contributed by atoms with Crippen LogP contribution >= 0.6 is 0 Å². The van der Waals surface area contributed by atoms with Crippen LogP contribution in [0, 0.1) is 0 Å². The van der Waals surface area contributed by atoms with Gasteiger partial charge in [0.05, 0.1) is 24.3 Å². The van der Waals surface area contributed by atoms with Gasteiger partial charge in [0, 0.05) is 6.61 Å². The molecule has 0 radical (unpaired) electrons. The molecule has 0 spiro atoms. The zero-order valence-corrected chi connectivity index (χ0v) is 15.3. The molecule has 0 aliphatic heterocycles. The van der Waals surface area contributed by atoms with Crippen molar-refractivity contribution in [1.82, 2.24) is 0 Å². The summed E-state index contributed by atoms with van der Waals surface area (Å²) in [7, 11) is 0. The molecule has 0 saturated carbocycles. The van der Waals surface area contributed by atoms with Crippen LogP contribution in [0.25, 0.3) is 0 Å². The summed E-state index contributed by atoms with van der Waals surface area (Å²) in [6.45, 7) is 2.98. The van der Waals surface area contributed by atoms with E-state index in [2.05, 4.69) is 0 Å². The zero-order chi connectivity index (χ0) is 19.5. The van der Waals surface area contributed by atoms with E-state index in [0.29, 0.717) is 42.1 Å². The Labute approximate surface area is 158 Å². The lowest BCUT2D eigenvalue weighted by atomic mass is 10.2. The van der Waals surface area contributed by atoms with Gasteiger partial charge in [0.1, 0.15) is 11.5 Å². The lowest BCUT2D eigenvalue weighted by Crippen LogP contribution is -2.09. The molecule has 2 rings (SSSR count). The van der Waals surface area contributed by atoms with Gasteiger partial charge in [-0.1, -0.05) is 6.92 Å². The van der Waals surface area contributed by atoms with Crippen molar-refractivity contribution in [1.29, 1.82) is 0 Å². The summed E-state index contributed by atoms with van der Waals surface area (Å²) in [4.78, 5) is 24.1. The fourth-order valence-corrected chi connectivity index (χ4v) is 2.19. The number of carbonyl (C=O) groups is 2. The third-order valence-corrected chi connectivity index (χ3v) is 3.65. The van der Waals surface area contributed by atoms with Crippen molar-refractivity contribution < 1.29 is 28.9 Å². The number of carbonyl (C=O) groups excluding carboxylic acids is 2. The Bertz CT molecular complexity index is 721. The molecular weight excluding hydrogens is 348 g/mol. The number of hydrogen-bond donors (Lipinski definition) is 1. The van der Waals surface area contributed by atoms with E-state index in [4.69, 9.17) is 19.3 Å². The quantitative estimate of drug-likeness (QED) is 0.390. The summed E-state index contributed by atoms with van der Waals surface area (Å²) in [6, 6.07) is 12.9. The van der Waals surface area contributed by atoms with Gasteiger partial charge in [-0.3, -0.25) is 0 Å². The summed E-state index contributed by atoms with van der Waals surface area (Å²) in [5, 5.41) is 8.69. The molecule has 0 bridgehead atoms. The highest BCUT2D eigenvalue weighted by atomic mass is 16.5. The highest BCUT2D eigenvalue weighted by molar-refractivity contribution is 5.92. The topological polar surface area (TPSA) is 82.1 Å². The number of unbranched alkanes of at least 4 members (excludes halogenated alkanes) is 1. The maximum Gasteiger partial charge on any atom is 0.343 e. The van der Waals surface area contributed by atoms with Crippen LogP contribution in [0.2, 0.25) is 0 Å². The molecule has 6 nitrogen and oxygen atoms in total. The van der Waals surface area contributed by atoms with Crippen molar-refractivity contribution in [3.05, 3.63) is 59.7 Å². The van der Waals surface area contributed by atoms with E-state index in [0.717, 1.165) is 6.42 Å². The Balaban J connectivity index is 1.87. The number of benzene rings is 2. The molecule has 0 amide bonds. The molecule has 0 aliphatic carbocycles. The van der Waals surface area contributed by atoms with Crippen molar-refractivity contribution in [2.24, 2.45) is 0 Å². The second-order valence-electron chi connectivity index (χ2n) is 5.85. The maximum absolute atomic E-state index is 12.2. The zero-order valence-electron chi connectivity index (χ0n) is 15.3. The van der Waals surface area contributed by atoms with Crippen LogP contribution in [-0.2, 0) is 4.74 Å².